The molecule has 0 bridgehead atoms. The number of carboxylic acid groups (broad SMARTS) is 1. The molecule has 0 radical (unpaired) electrons. The Balaban J connectivity index is 0.000000295. The van der Waals surface area contributed by atoms with Crippen LogP contribution in [-0.4, -0.2) is 42.9 Å². The molecule has 4 nitrogen and oxygen atoms in total. The first-order valence-corrected chi connectivity index (χ1v) is 6.35. The predicted octanol–water partition coefficient (Wildman–Crippen LogP) is 2.40. The Labute approximate surface area is 123 Å². The Morgan fingerprint density at radius 2 is 1.91 bits per heavy atom. The maximum absolute atomic E-state index is 13.0. The van der Waals surface area contributed by atoms with Crippen LogP contribution in [0, 0.1) is 11.6 Å². The molecular formula is C13H15F5N2O2. The van der Waals surface area contributed by atoms with Gasteiger partial charge in [0, 0.05) is 37.4 Å². The van der Waals surface area contributed by atoms with E-state index >= 15 is 0 Å². The van der Waals surface area contributed by atoms with Gasteiger partial charge in [-0.3, -0.25) is 0 Å². The fraction of sp³-hybridized carbons (Fsp3) is 0.462. The average molecular weight is 326 g/mol. The Hall–Kier alpha value is -1.90. The minimum absolute atomic E-state index is 0.309. The second kappa shape index (κ2) is 7.39. The van der Waals surface area contributed by atoms with Gasteiger partial charge in [0.2, 0.25) is 0 Å². The van der Waals surface area contributed by atoms with E-state index in [0.29, 0.717) is 6.04 Å². The highest BCUT2D eigenvalue weighted by Gasteiger charge is 2.38. The third-order valence-electron chi connectivity index (χ3n) is 2.98. The van der Waals surface area contributed by atoms with Crippen molar-refractivity contribution in [1.29, 1.82) is 0 Å². The van der Waals surface area contributed by atoms with Crippen molar-refractivity contribution in [1.82, 2.24) is 5.32 Å². The molecule has 2 rings (SSSR count). The molecule has 1 aromatic carbocycles. The number of nitrogens with zero attached hydrogens (tertiary/aromatic N) is 1. The third-order valence-corrected chi connectivity index (χ3v) is 2.98. The standard InChI is InChI=1S/C11H14F2N2.C2HF3O2/c1-8-7-14-4-5-15(8)9-2-3-10(12)11(13)6-9;3-2(4,5)1(6)7/h2-3,6,8,14H,4-5,7H2,1H3;(H,6,7)/t8-;/m1./s1. The molecule has 1 heterocycles. The van der Waals surface area contributed by atoms with E-state index in [-0.39, 0.29) is 0 Å². The van der Waals surface area contributed by atoms with Crippen LogP contribution in [0.3, 0.4) is 0 Å². The van der Waals surface area contributed by atoms with Crippen molar-refractivity contribution >= 4 is 11.7 Å². The van der Waals surface area contributed by atoms with Crippen LogP contribution in [0.15, 0.2) is 18.2 Å². The number of hydrogen-bond donors (Lipinski definition) is 2. The van der Waals surface area contributed by atoms with Crippen molar-refractivity contribution in [2.24, 2.45) is 0 Å². The summed E-state index contributed by atoms with van der Waals surface area (Å²) in [4.78, 5) is 11.0. The highest BCUT2D eigenvalue weighted by molar-refractivity contribution is 5.73. The molecule has 0 saturated carbocycles. The summed E-state index contributed by atoms with van der Waals surface area (Å²) in [5.41, 5.74) is 0.753. The monoisotopic (exact) mass is 326 g/mol. The average Bonchev–Trinajstić information content (AvgIpc) is 2.42. The lowest BCUT2D eigenvalue weighted by molar-refractivity contribution is -0.192. The summed E-state index contributed by atoms with van der Waals surface area (Å²) in [7, 11) is 0. The minimum Gasteiger partial charge on any atom is -0.475 e. The van der Waals surface area contributed by atoms with E-state index in [1.54, 1.807) is 6.07 Å². The summed E-state index contributed by atoms with van der Waals surface area (Å²) in [5, 5.41) is 10.4. The number of benzene rings is 1. The van der Waals surface area contributed by atoms with Crippen LogP contribution in [0.5, 0.6) is 0 Å². The molecule has 1 atom stereocenters. The highest BCUT2D eigenvalue weighted by atomic mass is 19.4. The molecule has 0 amide bonds. The zero-order chi connectivity index (χ0) is 16.9. The number of hydrogen-bond acceptors (Lipinski definition) is 3. The number of rotatable bonds is 1. The summed E-state index contributed by atoms with van der Waals surface area (Å²) in [5.74, 6) is -4.33. The van der Waals surface area contributed by atoms with Gasteiger partial charge in [0.1, 0.15) is 0 Å². The first-order chi connectivity index (χ1) is 10.1. The van der Waals surface area contributed by atoms with E-state index in [0.717, 1.165) is 25.3 Å². The van der Waals surface area contributed by atoms with Gasteiger partial charge in [-0.05, 0) is 19.1 Å². The van der Waals surface area contributed by atoms with Gasteiger partial charge in [-0.25, -0.2) is 13.6 Å². The van der Waals surface area contributed by atoms with Gasteiger partial charge in [0.05, 0.1) is 0 Å². The van der Waals surface area contributed by atoms with Gasteiger partial charge in [-0.2, -0.15) is 13.2 Å². The highest BCUT2D eigenvalue weighted by Crippen LogP contribution is 2.20. The molecule has 0 unspecified atom stereocenters. The van der Waals surface area contributed by atoms with Gasteiger partial charge in [-0.15, -0.1) is 0 Å². The summed E-state index contributed by atoms with van der Waals surface area (Å²) in [6.45, 7) is 4.64. The van der Waals surface area contributed by atoms with Gasteiger partial charge in [0.25, 0.3) is 0 Å². The maximum atomic E-state index is 13.0. The van der Waals surface area contributed by atoms with Gasteiger partial charge in [-0.1, -0.05) is 0 Å². The van der Waals surface area contributed by atoms with E-state index in [9.17, 15) is 22.0 Å². The molecule has 1 aliphatic rings. The van der Waals surface area contributed by atoms with Crippen molar-refractivity contribution in [3.05, 3.63) is 29.8 Å². The van der Waals surface area contributed by atoms with E-state index in [2.05, 4.69) is 17.1 Å². The van der Waals surface area contributed by atoms with Crippen LogP contribution in [-0.2, 0) is 4.79 Å². The van der Waals surface area contributed by atoms with E-state index in [1.807, 2.05) is 0 Å². The summed E-state index contributed by atoms with van der Waals surface area (Å²) in [6.07, 6.45) is -5.08. The topological polar surface area (TPSA) is 52.6 Å². The first kappa shape index (κ1) is 18.1. The number of carbonyl (C=O) groups is 1. The summed E-state index contributed by atoms with van der Waals surface area (Å²) < 4.78 is 57.5. The van der Waals surface area contributed by atoms with Crippen molar-refractivity contribution in [3.63, 3.8) is 0 Å². The van der Waals surface area contributed by atoms with Crippen molar-refractivity contribution in [3.8, 4) is 0 Å². The first-order valence-electron chi connectivity index (χ1n) is 6.35. The SMILES string of the molecule is C[C@@H]1CNCCN1c1ccc(F)c(F)c1.O=C(O)C(F)(F)F. The predicted molar refractivity (Wildman–Crippen MR) is 69.7 cm³/mol. The van der Waals surface area contributed by atoms with Crippen molar-refractivity contribution in [2.45, 2.75) is 19.1 Å². The van der Waals surface area contributed by atoms with Gasteiger partial charge >= 0.3 is 12.1 Å². The van der Waals surface area contributed by atoms with Crippen LogP contribution < -0.4 is 10.2 Å². The molecule has 9 heteroatoms. The van der Waals surface area contributed by atoms with Crippen LogP contribution in [0.4, 0.5) is 27.6 Å². The number of piperazine rings is 1. The molecule has 1 aliphatic heterocycles. The fourth-order valence-electron chi connectivity index (χ4n) is 1.89. The Kier molecular flexibility index (Phi) is 6.10. The Morgan fingerprint density at radius 1 is 1.32 bits per heavy atom. The largest absolute Gasteiger partial charge is 0.490 e. The normalized spacial score (nSPS) is 18.5. The fourth-order valence-corrected chi connectivity index (χ4v) is 1.89. The van der Waals surface area contributed by atoms with Crippen LogP contribution in [0.2, 0.25) is 0 Å². The molecular weight excluding hydrogens is 311 g/mol. The Morgan fingerprint density at radius 3 is 2.36 bits per heavy atom. The molecule has 0 aromatic heterocycles. The van der Waals surface area contributed by atoms with Crippen molar-refractivity contribution < 1.29 is 31.9 Å². The number of halogens is 5. The van der Waals surface area contributed by atoms with E-state index < -0.39 is 23.8 Å². The van der Waals surface area contributed by atoms with Crippen molar-refractivity contribution in [2.75, 3.05) is 24.5 Å². The number of anilines is 1. The summed E-state index contributed by atoms with van der Waals surface area (Å²) >= 11 is 0. The smallest absolute Gasteiger partial charge is 0.475 e. The van der Waals surface area contributed by atoms with Crippen LogP contribution >= 0.6 is 0 Å². The minimum atomic E-state index is -5.08. The molecule has 1 fully saturated rings. The lowest BCUT2D eigenvalue weighted by Gasteiger charge is -2.35. The number of nitrogens with one attached hydrogen (secondary N) is 1. The second-order valence-corrected chi connectivity index (χ2v) is 4.65. The number of alkyl halides is 3. The van der Waals surface area contributed by atoms with Crippen LogP contribution in [0.1, 0.15) is 6.92 Å². The molecule has 0 spiro atoms. The second-order valence-electron chi connectivity index (χ2n) is 4.65. The van der Waals surface area contributed by atoms with Crippen LogP contribution in [0.25, 0.3) is 0 Å². The molecule has 124 valence electrons. The lowest BCUT2D eigenvalue weighted by Crippen LogP contribution is -2.49. The molecule has 1 saturated heterocycles. The number of aliphatic carboxylic acids is 1. The zero-order valence-electron chi connectivity index (χ0n) is 11.6. The number of carboxylic acids is 1. The lowest BCUT2D eigenvalue weighted by atomic mass is 10.2. The molecule has 0 aliphatic carbocycles. The molecule has 22 heavy (non-hydrogen) atoms. The quantitative estimate of drug-likeness (QED) is 0.778. The van der Waals surface area contributed by atoms with E-state index in [4.69, 9.17) is 9.90 Å². The molecule has 1 aromatic rings. The maximum Gasteiger partial charge on any atom is 0.490 e. The van der Waals surface area contributed by atoms with Gasteiger partial charge < -0.3 is 15.3 Å². The summed E-state index contributed by atoms with van der Waals surface area (Å²) in [6, 6.07) is 4.38. The zero-order valence-corrected chi connectivity index (χ0v) is 11.6. The van der Waals surface area contributed by atoms with E-state index in [1.165, 1.54) is 12.1 Å². The molecule has 2 N–H and O–H groups in total. The third kappa shape index (κ3) is 5.14. The van der Waals surface area contributed by atoms with Gasteiger partial charge in [0.15, 0.2) is 11.6 Å². The Bertz CT molecular complexity index is 522.